The molecule has 0 saturated carbocycles. The maximum atomic E-state index is 13.8. The first-order valence-corrected chi connectivity index (χ1v) is 14.1. The van der Waals surface area contributed by atoms with Crippen LogP contribution in [-0.4, -0.2) is 57.3 Å². The van der Waals surface area contributed by atoms with Gasteiger partial charge in [0, 0.05) is 48.2 Å². The Labute approximate surface area is 242 Å². The monoisotopic (exact) mass is 562 g/mol. The minimum absolute atomic E-state index is 0.0508. The Bertz CT molecular complexity index is 1350. The van der Waals surface area contributed by atoms with Crippen LogP contribution in [0.3, 0.4) is 0 Å². The molecule has 2 aromatic carbocycles. The van der Waals surface area contributed by atoms with Gasteiger partial charge in [0.1, 0.15) is 12.3 Å². The van der Waals surface area contributed by atoms with Gasteiger partial charge in [-0.3, -0.25) is 19.7 Å². The third kappa shape index (κ3) is 8.42. The second-order valence-corrected chi connectivity index (χ2v) is 10.9. The topological polar surface area (TPSA) is 97.9 Å². The summed E-state index contributed by atoms with van der Waals surface area (Å²) in [6.07, 6.45) is 3.46. The summed E-state index contributed by atoms with van der Waals surface area (Å²) < 4.78 is 7.48. The zero-order chi connectivity index (χ0) is 30.1. The molecule has 0 unspecified atom stereocenters. The number of amides is 2. The predicted molar refractivity (Wildman–Crippen MR) is 160 cm³/mol. The first-order valence-electron chi connectivity index (χ1n) is 14.1. The molecule has 0 radical (unpaired) electrons. The SMILES string of the molecule is CC[C@@H](C)N(Cc1cccn1Cc1cccc(OC)c1)C(=O)CN(CCC(C)C)C(=O)c1ccc(C)c([N+](=O)[O-])c1. The van der Waals surface area contributed by atoms with Crippen molar-refractivity contribution in [2.75, 3.05) is 20.2 Å². The van der Waals surface area contributed by atoms with Gasteiger partial charge in [0.05, 0.1) is 18.6 Å². The van der Waals surface area contributed by atoms with Gasteiger partial charge in [0.2, 0.25) is 5.91 Å². The van der Waals surface area contributed by atoms with Gasteiger partial charge in [-0.1, -0.05) is 39.0 Å². The molecular weight excluding hydrogens is 520 g/mol. The number of nitro benzene ring substituents is 1. The molecule has 0 fully saturated rings. The van der Waals surface area contributed by atoms with Crippen molar-refractivity contribution < 1.29 is 19.2 Å². The van der Waals surface area contributed by atoms with Crippen LogP contribution < -0.4 is 4.74 Å². The van der Waals surface area contributed by atoms with Crippen LogP contribution in [0.5, 0.6) is 5.75 Å². The highest BCUT2D eigenvalue weighted by atomic mass is 16.6. The van der Waals surface area contributed by atoms with Crippen LogP contribution in [0.15, 0.2) is 60.8 Å². The van der Waals surface area contributed by atoms with E-state index in [-0.39, 0.29) is 35.7 Å². The molecule has 9 heteroatoms. The molecule has 0 N–H and O–H groups in total. The zero-order valence-corrected chi connectivity index (χ0v) is 25.0. The summed E-state index contributed by atoms with van der Waals surface area (Å²) in [5.41, 5.74) is 2.65. The first-order chi connectivity index (χ1) is 19.5. The lowest BCUT2D eigenvalue weighted by atomic mass is 10.1. The normalized spacial score (nSPS) is 11.8. The van der Waals surface area contributed by atoms with Crippen LogP contribution in [0.1, 0.15) is 67.7 Å². The van der Waals surface area contributed by atoms with Crippen molar-refractivity contribution in [3.63, 3.8) is 0 Å². The fraction of sp³-hybridized carbons (Fsp3) is 0.438. The molecule has 3 rings (SSSR count). The molecule has 0 saturated heterocycles. The Balaban J connectivity index is 1.84. The third-order valence-corrected chi connectivity index (χ3v) is 7.43. The van der Waals surface area contributed by atoms with Crippen molar-refractivity contribution in [3.8, 4) is 5.75 Å². The van der Waals surface area contributed by atoms with Crippen molar-refractivity contribution in [1.29, 1.82) is 0 Å². The fourth-order valence-electron chi connectivity index (χ4n) is 4.64. The summed E-state index contributed by atoms with van der Waals surface area (Å²) >= 11 is 0. The molecule has 220 valence electrons. The molecule has 0 aliphatic heterocycles. The number of ether oxygens (including phenoxy) is 1. The van der Waals surface area contributed by atoms with Crippen molar-refractivity contribution in [1.82, 2.24) is 14.4 Å². The first kappa shape index (κ1) is 31.4. The number of carbonyl (C=O) groups excluding carboxylic acids is 2. The lowest BCUT2D eigenvalue weighted by Gasteiger charge is -2.32. The Morgan fingerprint density at radius 2 is 1.83 bits per heavy atom. The van der Waals surface area contributed by atoms with E-state index in [9.17, 15) is 19.7 Å². The Morgan fingerprint density at radius 1 is 1.07 bits per heavy atom. The van der Waals surface area contributed by atoms with Crippen molar-refractivity contribution >= 4 is 17.5 Å². The van der Waals surface area contributed by atoms with Gasteiger partial charge in [-0.25, -0.2) is 0 Å². The minimum Gasteiger partial charge on any atom is -0.497 e. The van der Waals surface area contributed by atoms with E-state index < -0.39 is 4.92 Å². The summed E-state index contributed by atoms with van der Waals surface area (Å²) in [5, 5.41) is 11.5. The van der Waals surface area contributed by atoms with E-state index in [1.807, 2.05) is 61.3 Å². The Kier molecular flexibility index (Phi) is 11.1. The molecule has 0 bridgehead atoms. The largest absolute Gasteiger partial charge is 0.497 e. The number of aromatic nitrogens is 1. The van der Waals surface area contributed by atoms with E-state index >= 15 is 0 Å². The van der Waals surface area contributed by atoms with Crippen LogP contribution >= 0.6 is 0 Å². The Hall–Kier alpha value is -4.14. The van der Waals surface area contributed by atoms with Gasteiger partial charge in [-0.2, -0.15) is 0 Å². The lowest BCUT2D eigenvalue weighted by Crippen LogP contribution is -2.46. The number of methoxy groups -OCH3 is 1. The smallest absolute Gasteiger partial charge is 0.273 e. The number of rotatable bonds is 14. The quantitative estimate of drug-likeness (QED) is 0.175. The zero-order valence-electron chi connectivity index (χ0n) is 25.0. The number of hydrogen-bond acceptors (Lipinski definition) is 5. The summed E-state index contributed by atoms with van der Waals surface area (Å²) in [5.74, 6) is 0.566. The van der Waals surface area contributed by atoms with E-state index in [1.165, 1.54) is 11.0 Å². The second-order valence-electron chi connectivity index (χ2n) is 10.9. The molecular formula is C32H42N4O5. The van der Waals surface area contributed by atoms with E-state index in [4.69, 9.17) is 4.74 Å². The average Bonchev–Trinajstić information content (AvgIpc) is 3.39. The van der Waals surface area contributed by atoms with Gasteiger partial charge in [-0.05, 0) is 68.5 Å². The average molecular weight is 563 g/mol. The van der Waals surface area contributed by atoms with Gasteiger partial charge >= 0.3 is 0 Å². The maximum absolute atomic E-state index is 13.8. The van der Waals surface area contributed by atoms with E-state index in [1.54, 1.807) is 26.2 Å². The number of hydrogen-bond donors (Lipinski definition) is 0. The molecule has 41 heavy (non-hydrogen) atoms. The summed E-state index contributed by atoms with van der Waals surface area (Å²) in [7, 11) is 1.64. The third-order valence-electron chi connectivity index (χ3n) is 7.43. The van der Waals surface area contributed by atoms with E-state index in [2.05, 4.69) is 18.4 Å². The highest BCUT2D eigenvalue weighted by molar-refractivity contribution is 5.97. The van der Waals surface area contributed by atoms with E-state index in [0.717, 1.165) is 23.4 Å². The maximum Gasteiger partial charge on any atom is 0.273 e. The number of nitrogens with zero attached hydrogens (tertiary/aromatic N) is 4. The Morgan fingerprint density at radius 3 is 2.49 bits per heavy atom. The fourth-order valence-corrected chi connectivity index (χ4v) is 4.64. The molecule has 9 nitrogen and oxygen atoms in total. The number of benzene rings is 2. The van der Waals surface area contributed by atoms with E-state index in [0.29, 0.717) is 37.5 Å². The van der Waals surface area contributed by atoms with Crippen LogP contribution in [0.4, 0.5) is 5.69 Å². The second kappa shape index (κ2) is 14.5. The standard InChI is InChI=1S/C32H42N4O5/c1-7-25(5)35(21-28-11-9-16-33(28)20-26-10-8-12-29(18-26)41-6)31(37)22-34(17-15-23(2)3)32(38)27-14-13-24(4)30(19-27)36(39)40/h8-14,16,18-19,23,25H,7,15,17,20-22H2,1-6H3/t25-/m1/s1. The summed E-state index contributed by atoms with van der Waals surface area (Å²) in [6, 6.07) is 16.3. The molecule has 1 aromatic heterocycles. The molecule has 1 atom stereocenters. The van der Waals surface area contributed by atoms with Crippen LogP contribution in [0.2, 0.25) is 0 Å². The van der Waals surface area contributed by atoms with Crippen molar-refractivity contribution in [3.05, 3.63) is 93.3 Å². The number of nitro groups is 1. The number of carbonyl (C=O) groups is 2. The van der Waals surface area contributed by atoms with Gasteiger partial charge in [0.25, 0.3) is 11.6 Å². The van der Waals surface area contributed by atoms with Crippen molar-refractivity contribution in [2.45, 2.75) is 66.6 Å². The van der Waals surface area contributed by atoms with Gasteiger partial charge in [-0.15, -0.1) is 0 Å². The van der Waals surface area contributed by atoms with Crippen molar-refractivity contribution in [2.24, 2.45) is 5.92 Å². The lowest BCUT2D eigenvalue weighted by molar-refractivity contribution is -0.385. The number of aryl methyl sites for hydroxylation is 1. The molecule has 0 spiro atoms. The van der Waals surface area contributed by atoms with Crippen LogP contribution in [0.25, 0.3) is 0 Å². The minimum atomic E-state index is -0.485. The highest BCUT2D eigenvalue weighted by Gasteiger charge is 2.27. The summed E-state index contributed by atoms with van der Waals surface area (Å²) in [6.45, 7) is 11.1. The van der Waals surface area contributed by atoms with Crippen LogP contribution in [0, 0.1) is 23.0 Å². The molecule has 0 aliphatic carbocycles. The van der Waals surface area contributed by atoms with Gasteiger partial charge in [0.15, 0.2) is 0 Å². The predicted octanol–water partition coefficient (Wildman–Crippen LogP) is 6.08. The molecule has 2 amide bonds. The molecule has 1 heterocycles. The van der Waals surface area contributed by atoms with Crippen LogP contribution in [-0.2, 0) is 17.9 Å². The highest BCUT2D eigenvalue weighted by Crippen LogP contribution is 2.22. The molecule has 0 aliphatic rings. The molecule has 3 aromatic rings. The summed E-state index contributed by atoms with van der Waals surface area (Å²) in [4.78, 5) is 41.8. The van der Waals surface area contributed by atoms with Gasteiger partial charge < -0.3 is 19.1 Å².